The summed E-state index contributed by atoms with van der Waals surface area (Å²) in [4.78, 5) is 10.1. The van der Waals surface area contributed by atoms with Crippen LogP contribution in [0.1, 0.15) is 42.5 Å². The molecule has 2 fully saturated rings. The van der Waals surface area contributed by atoms with Gasteiger partial charge in [-0.1, -0.05) is 6.42 Å². The summed E-state index contributed by atoms with van der Waals surface area (Å²) in [5.41, 5.74) is 0.361. The average molecular weight is 337 g/mol. The number of nitrogens with one attached hydrogen (secondary N) is 2. The second-order valence-corrected chi connectivity index (χ2v) is 7.90. The van der Waals surface area contributed by atoms with Crippen LogP contribution in [0, 0.1) is 12.3 Å². The van der Waals surface area contributed by atoms with Crippen LogP contribution in [0.5, 0.6) is 0 Å². The lowest BCUT2D eigenvalue weighted by Crippen LogP contribution is -2.68. The first-order valence-electron chi connectivity index (χ1n) is 8.68. The van der Waals surface area contributed by atoms with E-state index in [0.29, 0.717) is 17.6 Å². The Bertz CT molecular complexity index is 553. The summed E-state index contributed by atoms with van der Waals surface area (Å²) >= 11 is 1.77. The van der Waals surface area contributed by atoms with Gasteiger partial charge in [-0.3, -0.25) is 4.99 Å². The molecule has 0 aliphatic heterocycles. The molecule has 0 aromatic carbocycles. The van der Waals surface area contributed by atoms with Crippen molar-refractivity contribution in [1.82, 2.24) is 15.6 Å². The molecule has 6 heteroatoms. The van der Waals surface area contributed by atoms with E-state index in [1.807, 2.05) is 13.2 Å². The van der Waals surface area contributed by atoms with Crippen molar-refractivity contribution >= 4 is 17.3 Å². The van der Waals surface area contributed by atoms with Gasteiger partial charge in [0.05, 0.1) is 11.1 Å². The molecule has 3 rings (SSSR count). The Balaban J connectivity index is 1.46. The van der Waals surface area contributed by atoms with E-state index in [1.165, 1.54) is 29.1 Å². The number of hydrogen-bond donors (Lipinski definition) is 2. The fourth-order valence-electron chi connectivity index (χ4n) is 3.81. The first kappa shape index (κ1) is 16.7. The predicted octanol–water partition coefficient (Wildman–Crippen LogP) is 2.51. The van der Waals surface area contributed by atoms with Gasteiger partial charge in [0.2, 0.25) is 0 Å². The largest absolute Gasteiger partial charge is 0.378 e. The van der Waals surface area contributed by atoms with Crippen molar-refractivity contribution in [1.29, 1.82) is 0 Å². The van der Waals surface area contributed by atoms with Gasteiger partial charge in [0.15, 0.2) is 5.96 Å². The molecule has 2 aliphatic rings. The van der Waals surface area contributed by atoms with Gasteiger partial charge in [0.25, 0.3) is 0 Å². The Morgan fingerprint density at radius 1 is 1.52 bits per heavy atom. The molecule has 1 aromatic heterocycles. The number of rotatable bonds is 6. The molecular weight excluding hydrogens is 308 g/mol. The number of guanidine groups is 1. The summed E-state index contributed by atoms with van der Waals surface area (Å²) in [5.74, 6) is 0.907. The number of aliphatic imine (C=N–C) groups is 1. The zero-order chi connectivity index (χ0) is 16.3. The van der Waals surface area contributed by atoms with Crippen LogP contribution in [0.4, 0.5) is 0 Å². The number of nitrogens with zero attached hydrogens (tertiary/aromatic N) is 2. The van der Waals surface area contributed by atoms with Crippen molar-refractivity contribution < 1.29 is 4.74 Å². The molecule has 0 saturated heterocycles. The van der Waals surface area contributed by atoms with Crippen LogP contribution >= 0.6 is 11.3 Å². The van der Waals surface area contributed by atoms with E-state index in [9.17, 15) is 0 Å². The van der Waals surface area contributed by atoms with E-state index >= 15 is 0 Å². The molecule has 2 N–H and O–H groups in total. The number of hydrogen-bond acceptors (Lipinski definition) is 4. The molecule has 5 nitrogen and oxygen atoms in total. The summed E-state index contributed by atoms with van der Waals surface area (Å²) < 4.78 is 5.92. The highest BCUT2D eigenvalue weighted by atomic mass is 32.1. The molecule has 23 heavy (non-hydrogen) atoms. The van der Waals surface area contributed by atoms with Crippen LogP contribution in [0.25, 0.3) is 0 Å². The highest BCUT2D eigenvalue weighted by Gasteiger charge is 2.59. The quantitative estimate of drug-likeness (QED) is 0.619. The molecule has 0 amide bonds. The van der Waals surface area contributed by atoms with Gasteiger partial charge in [-0.2, -0.15) is 0 Å². The number of ether oxygens (including phenoxy) is 1. The maximum atomic E-state index is 5.92. The molecule has 2 atom stereocenters. The van der Waals surface area contributed by atoms with Crippen LogP contribution in [0.3, 0.4) is 0 Å². The van der Waals surface area contributed by atoms with E-state index in [1.54, 1.807) is 11.3 Å². The topological polar surface area (TPSA) is 58.5 Å². The normalized spacial score (nSPS) is 25.8. The van der Waals surface area contributed by atoms with Crippen LogP contribution < -0.4 is 10.6 Å². The molecule has 2 saturated carbocycles. The smallest absolute Gasteiger partial charge is 0.191 e. The second kappa shape index (κ2) is 7.18. The zero-order valence-corrected chi connectivity index (χ0v) is 15.2. The summed E-state index contributed by atoms with van der Waals surface area (Å²) in [7, 11) is 1.84. The van der Waals surface area contributed by atoms with Crippen LogP contribution in [-0.2, 0) is 11.2 Å². The first-order valence-corrected chi connectivity index (χ1v) is 9.49. The number of aromatic nitrogens is 1. The minimum atomic E-state index is 0.361. The third-order valence-corrected chi connectivity index (χ3v) is 6.24. The molecule has 128 valence electrons. The standard InChI is InChI=1S/C17H28N4OS/c1-4-22-14-10-13(17(14)7-5-8-17)21-16(18-3)19-9-6-15-20-11-12(2)23-15/h11,13-14H,4-10H2,1-3H3,(H2,18,19,21). The Kier molecular flexibility index (Phi) is 5.21. The monoisotopic (exact) mass is 336 g/mol. The lowest BCUT2D eigenvalue weighted by atomic mass is 9.51. The lowest BCUT2D eigenvalue weighted by Gasteiger charge is -2.61. The molecule has 1 aromatic rings. The number of thiazole rings is 1. The SMILES string of the molecule is CCOC1CC(NC(=NC)NCCc2ncc(C)s2)C12CCC2. The summed E-state index contributed by atoms with van der Waals surface area (Å²) in [5, 5.41) is 8.22. The van der Waals surface area contributed by atoms with E-state index in [2.05, 4.69) is 34.5 Å². The van der Waals surface area contributed by atoms with Crippen molar-refractivity contribution in [3.05, 3.63) is 16.1 Å². The van der Waals surface area contributed by atoms with Crippen molar-refractivity contribution in [2.24, 2.45) is 10.4 Å². The van der Waals surface area contributed by atoms with E-state index in [-0.39, 0.29) is 0 Å². The van der Waals surface area contributed by atoms with Gasteiger partial charge in [-0.15, -0.1) is 11.3 Å². The Morgan fingerprint density at radius 3 is 2.91 bits per heavy atom. The molecule has 2 unspecified atom stereocenters. The van der Waals surface area contributed by atoms with Crippen molar-refractivity contribution in [3.8, 4) is 0 Å². The Hall–Kier alpha value is -1.14. The Labute approximate surface area is 142 Å². The highest BCUT2D eigenvalue weighted by Crippen LogP contribution is 2.57. The molecule has 1 heterocycles. The fourth-order valence-corrected chi connectivity index (χ4v) is 4.59. The van der Waals surface area contributed by atoms with Gasteiger partial charge in [0, 0.05) is 49.2 Å². The van der Waals surface area contributed by atoms with Gasteiger partial charge in [-0.05, 0) is 33.1 Å². The van der Waals surface area contributed by atoms with Crippen LogP contribution in [0.2, 0.25) is 0 Å². The van der Waals surface area contributed by atoms with Crippen molar-refractivity contribution in [2.45, 2.75) is 58.1 Å². The molecule has 0 radical (unpaired) electrons. The maximum Gasteiger partial charge on any atom is 0.191 e. The molecule has 1 spiro atoms. The first-order chi connectivity index (χ1) is 11.2. The van der Waals surface area contributed by atoms with Gasteiger partial charge in [0.1, 0.15) is 0 Å². The predicted molar refractivity (Wildman–Crippen MR) is 95.2 cm³/mol. The van der Waals surface area contributed by atoms with E-state index < -0.39 is 0 Å². The van der Waals surface area contributed by atoms with E-state index in [0.717, 1.165) is 32.0 Å². The van der Waals surface area contributed by atoms with Gasteiger partial charge >= 0.3 is 0 Å². The highest BCUT2D eigenvalue weighted by molar-refractivity contribution is 7.11. The van der Waals surface area contributed by atoms with Crippen molar-refractivity contribution in [3.63, 3.8) is 0 Å². The molecular formula is C17H28N4OS. The van der Waals surface area contributed by atoms with E-state index in [4.69, 9.17) is 4.74 Å². The van der Waals surface area contributed by atoms with Gasteiger partial charge < -0.3 is 15.4 Å². The summed E-state index contributed by atoms with van der Waals surface area (Å²) in [6.45, 7) is 5.87. The summed E-state index contributed by atoms with van der Waals surface area (Å²) in [6, 6.07) is 0.501. The average Bonchev–Trinajstić information content (AvgIpc) is 2.88. The lowest BCUT2D eigenvalue weighted by molar-refractivity contribution is -0.168. The summed E-state index contributed by atoms with van der Waals surface area (Å²) in [6.07, 6.45) is 8.31. The minimum Gasteiger partial charge on any atom is -0.378 e. The zero-order valence-electron chi connectivity index (χ0n) is 14.4. The van der Waals surface area contributed by atoms with Crippen LogP contribution in [0.15, 0.2) is 11.2 Å². The minimum absolute atomic E-state index is 0.361. The fraction of sp³-hybridized carbons (Fsp3) is 0.765. The third-order valence-electron chi connectivity index (χ3n) is 5.27. The molecule has 0 bridgehead atoms. The Morgan fingerprint density at radius 2 is 2.35 bits per heavy atom. The second-order valence-electron chi connectivity index (χ2n) is 6.58. The molecule has 2 aliphatic carbocycles. The third kappa shape index (κ3) is 3.38. The van der Waals surface area contributed by atoms with Gasteiger partial charge in [-0.25, -0.2) is 4.98 Å². The maximum absolute atomic E-state index is 5.92. The van der Waals surface area contributed by atoms with Crippen LogP contribution in [-0.4, -0.2) is 43.3 Å². The number of aryl methyl sites for hydroxylation is 1. The van der Waals surface area contributed by atoms with Crippen molar-refractivity contribution in [2.75, 3.05) is 20.2 Å².